The average Bonchev–Trinajstić information content (AvgIpc) is 3.00. The Labute approximate surface area is 133 Å². The monoisotopic (exact) mass is 326 g/mol. The molecule has 1 aromatic rings. The number of rotatable bonds is 9. The Hall–Kier alpha value is -0.950. The van der Waals surface area contributed by atoms with E-state index in [9.17, 15) is 8.42 Å². The van der Waals surface area contributed by atoms with Gasteiger partial charge in [0.05, 0.1) is 5.75 Å². The normalized spacial score (nSPS) is 16.2. The van der Waals surface area contributed by atoms with Crippen molar-refractivity contribution in [2.75, 3.05) is 32.6 Å². The fourth-order valence-electron chi connectivity index (χ4n) is 2.72. The molecule has 2 rings (SSSR count). The molecule has 1 heterocycles. The summed E-state index contributed by atoms with van der Waals surface area (Å²) in [5.41, 5.74) is 2.27. The molecule has 1 fully saturated rings. The third-order valence-electron chi connectivity index (χ3n) is 3.96. The van der Waals surface area contributed by atoms with Crippen LogP contribution in [0.5, 0.6) is 0 Å². The molecule has 0 spiro atoms. The summed E-state index contributed by atoms with van der Waals surface area (Å²) in [5, 5.41) is 0. The number of hydrogen-bond donors (Lipinski definition) is 1. The Morgan fingerprint density at radius 3 is 2.55 bits per heavy atom. The van der Waals surface area contributed by atoms with Crippen LogP contribution in [0.4, 0.5) is 0 Å². The SMILES string of the molecule is COCCCS(=O)(=O)NCc1ccccc1CN1CCCC1. The Bertz CT molecular complexity index is 554. The predicted octanol–water partition coefficient (Wildman–Crippen LogP) is 1.74. The van der Waals surface area contributed by atoms with E-state index in [0.717, 1.165) is 25.2 Å². The zero-order valence-electron chi connectivity index (χ0n) is 13.3. The number of methoxy groups -OCH3 is 1. The standard InChI is InChI=1S/C16H26N2O3S/c1-21-11-6-12-22(19,20)17-13-15-7-2-3-8-16(15)14-18-9-4-5-10-18/h2-3,7-8,17H,4-6,9-14H2,1H3. The number of nitrogens with zero attached hydrogens (tertiary/aromatic N) is 1. The highest BCUT2D eigenvalue weighted by molar-refractivity contribution is 7.89. The lowest BCUT2D eigenvalue weighted by atomic mass is 10.1. The van der Waals surface area contributed by atoms with Gasteiger partial charge in [-0.25, -0.2) is 13.1 Å². The third-order valence-corrected chi connectivity index (χ3v) is 5.37. The van der Waals surface area contributed by atoms with Gasteiger partial charge in [0.2, 0.25) is 10.0 Å². The Morgan fingerprint density at radius 1 is 1.18 bits per heavy atom. The van der Waals surface area contributed by atoms with E-state index in [-0.39, 0.29) is 5.75 Å². The molecule has 124 valence electrons. The van der Waals surface area contributed by atoms with E-state index in [2.05, 4.69) is 15.7 Å². The molecular weight excluding hydrogens is 300 g/mol. The van der Waals surface area contributed by atoms with Gasteiger partial charge in [-0.3, -0.25) is 4.90 Å². The van der Waals surface area contributed by atoms with Gasteiger partial charge in [-0.05, 0) is 43.5 Å². The molecule has 1 saturated heterocycles. The van der Waals surface area contributed by atoms with Crippen LogP contribution in [0.25, 0.3) is 0 Å². The van der Waals surface area contributed by atoms with E-state index < -0.39 is 10.0 Å². The van der Waals surface area contributed by atoms with Gasteiger partial charge >= 0.3 is 0 Å². The number of ether oxygens (including phenoxy) is 1. The topological polar surface area (TPSA) is 58.6 Å². The van der Waals surface area contributed by atoms with E-state index in [1.807, 2.05) is 18.2 Å². The number of benzene rings is 1. The molecule has 0 aliphatic carbocycles. The first-order valence-corrected chi connectivity index (χ1v) is 9.51. The second-order valence-corrected chi connectivity index (χ2v) is 7.66. The van der Waals surface area contributed by atoms with Crippen molar-refractivity contribution in [3.8, 4) is 0 Å². The Morgan fingerprint density at radius 2 is 1.86 bits per heavy atom. The summed E-state index contributed by atoms with van der Waals surface area (Å²) in [6.45, 7) is 4.00. The van der Waals surface area contributed by atoms with E-state index in [4.69, 9.17) is 4.74 Å². The number of likely N-dealkylation sites (tertiary alicyclic amines) is 1. The molecule has 0 radical (unpaired) electrons. The fourth-order valence-corrected chi connectivity index (χ4v) is 3.74. The highest BCUT2D eigenvalue weighted by Crippen LogP contribution is 2.16. The molecular formula is C16H26N2O3S. The Balaban J connectivity index is 1.91. The van der Waals surface area contributed by atoms with Crippen molar-refractivity contribution < 1.29 is 13.2 Å². The second kappa shape index (κ2) is 8.62. The van der Waals surface area contributed by atoms with Crippen molar-refractivity contribution in [2.24, 2.45) is 0 Å². The quantitative estimate of drug-likeness (QED) is 0.702. The maximum atomic E-state index is 12.0. The maximum absolute atomic E-state index is 12.0. The largest absolute Gasteiger partial charge is 0.385 e. The smallest absolute Gasteiger partial charge is 0.211 e. The van der Waals surface area contributed by atoms with Crippen molar-refractivity contribution in [1.82, 2.24) is 9.62 Å². The van der Waals surface area contributed by atoms with E-state index >= 15 is 0 Å². The average molecular weight is 326 g/mol. The highest BCUT2D eigenvalue weighted by Gasteiger charge is 2.15. The fraction of sp³-hybridized carbons (Fsp3) is 0.625. The molecule has 1 aromatic carbocycles. The van der Waals surface area contributed by atoms with Gasteiger partial charge < -0.3 is 4.74 Å². The van der Waals surface area contributed by atoms with Crippen LogP contribution in [0.15, 0.2) is 24.3 Å². The number of nitrogens with one attached hydrogen (secondary N) is 1. The zero-order chi connectivity index (χ0) is 15.8. The van der Waals surface area contributed by atoms with E-state index in [0.29, 0.717) is 19.6 Å². The lowest BCUT2D eigenvalue weighted by Gasteiger charge is -2.17. The highest BCUT2D eigenvalue weighted by atomic mass is 32.2. The minimum absolute atomic E-state index is 0.106. The van der Waals surface area contributed by atoms with Crippen LogP contribution in [0.1, 0.15) is 30.4 Å². The van der Waals surface area contributed by atoms with Crippen LogP contribution in [0.2, 0.25) is 0 Å². The summed E-state index contributed by atoms with van der Waals surface area (Å²) in [5.74, 6) is 0.106. The summed E-state index contributed by atoms with van der Waals surface area (Å²) in [6, 6.07) is 8.07. The van der Waals surface area contributed by atoms with Crippen molar-refractivity contribution >= 4 is 10.0 Å². The molecule has 0 aromatic heterocycles. The summed E-state index contributed by atoms with van der Waals surface area (Å²) in [4.78, 5) is 2.42. The minimum Gasteiger partial charge on any atom is -0.385 e. The molecule has 1 aliphatic heterocycles. The second-order valence-electron chi connectivity index (χ2n) is 5.74. The maximum Gasteiger partial charge on any atom is 0.211 e. The van der Waals surface area contributed by atoms with Gasteiger partial charge in [0.15, 0.2) is 0 Å². The number of sulfonamides is 1. The first kappa shape index (κ1) is 17.4. The van der Waals surface area contributed by atoms with Crippen LogP contribution < -0.4 is 4.72 Å². The summed E-state index contributed by atoms with van der Waals surface area (Å²) < 4.78 is 31.5. The summed E-state index contributed by atoms with van der Waals surface area (Å²) in [7, 11) is -1.66. The van der Waals surface area contributed by atoms with Gasteiger partial charge in [-0.2, -0.15) is 0 Å². The van der Waals surface area contributed by atoms with Crippen LogP contribution in [0, 0.1) is 0 Å². The molecule has 1 aliphatic rings. The summed E-state index contributed by atoms with van der Waals surface area (Å²) >= 11 is 0. The minimum atomic E-state index is -3.24. The van der Waals surface area contributed by atoms with Crippen molar-refractivity contribution in [3.63, 3.8) is 0 Å². The Kier molecular flexibility index (Phi) is 6.82. The molecule has 5 nitrogen and oxygen atoms in total. The first-order chi connectivity index (χ1) is 10.6. The zero-order valence-corrected chi connectivity index (χ0v) is 14.1. The molecule has 0 bridgehead atoms. The van der Waals surface area contributed by atoms with Gasteiger partial charge in [0, 0.05) is 26.8 Å². The van der Waals surface area contributed by atoms with Gasteiger partial charge in [-0.1, -0.05) is 24.3 Å². The lowest BCUT2D eigenvalue weighted by Crippen LogP contribution is -2.27. The van der Waals surface area contributed by atoms with Crippen LogP contribution >= 0.6 is 0 Å². The van der Waals surface area contributed by atoms with Crippen molar-refractivity contribution in [2.45, 2.75) is 32.4 Å². The van der Waals surface area contributed by atoms with Gasteiger partial charge in [0.1, 0.15) is 0 Å². The summed E-state index contributed by atoms with van der Waals surface area (Å²) in [6.07, 6.45) is 3.03. The lowest BCUT2D eigenvalue weighted by molar-refractivity contribution is 0.199. The van der Waals surface area contributed by atoms with Gasteiger partial charge in [0.25, 0.3) is 0 Å². The predicted molar refractivity (Wildman–Crippen MR) is 88.1 cm³/mol. The van der Waals surface area contributed by atoms with Crippen LogP contribution in [0.3, 0.4) is 0 Å². The molecule has 0 saturated carbocycles. The van der Waals surface area contributed by atoms with Crippen molar-refractivity contribution in [1.29, 1.82) is 0 Å². The number of hydrogen-bond acceptors (Lipinski definition) is 4. The molecule has 0 amide bonds. The van der Waals surface area contributed by atoms with Crippen molar-refractivity contribution in [3.05, 3.63) is 35.4 Å². The van der Waals surface area contributed by atoms with E-state index in [1.165, 1.54) is 18.4 Å². The van der Waals surface area contributed by atoms with Crippen LogP contribution in [-0.2, 0) is 27.8 Å². The molecule has 0 unspecified atom stereocenters. The van der Waals surface area contributed by atoms with Gasteiger partial charge in [-0.15, -0.1) is 0 Å². The third kappa shape index (κ3) is 5.68. The first-order valence-electron chi connectivity index (χ1n) is 7.86. The molecule has 6 heteroatoms. The molecule has 1 N–H and O–H groups in total. The van der Waals surface area contributed by atoms with Crippen LogP contribution in [-0.4, -0.2) is 45.9 Å². The van der Waals surface area contributed by atoms with E-state index in [1.54, 1.807) is 7.11 Å². The molecule has 22 heavy (non-hydrogen) atoms. The molecule has 0 atom stereocenters.